The third-order valence-corrected chi connectivity index (χ3v) is 5.83. The predicted molar refractivity (Wildman–Crippen MR) is 116 cm³/mol. The SMILES string of the molecule is Cc1cccc(Nc2ccccc2C(=O)OCC(=O)N2[C@H](C)CCC[C@@H]2C)c1C. The maximum absolute atomic E-state index is 12.7. The van der Waals surface area contributed by atoms with Gasteiger partial charge in [-0.1, -0.05) is 24.3 Å². The van der Waals surface area contributed by atoms with E-state index in [1.165, 1.54) is 5.56 Å². The van der Waals surface area contributed by atoms with Gasteiger partial charge in [0.1, 0.15) is 0 Å². The van der Waals surface area contributed by atoms with Crippen LogP contribution in [-0.2, 0) is 9.53 Å². The highest BCUT2D eigenvalue weighted by atomic mass is 16.5. The average Bonchev–Trinajstić information content (AvgIpc) is 2.70. The van der Waals surface area contributed by atoms with Crippen molar-refractivity contribution in [3.63, 3.8) is 0 Å². The average molecular weight is 395 g/mol. The summed E-state index contributed by atoms with van der Waals surface area (Å²) >= 11 is 0. The molecule has 0 aliphatic carbocycles. The zero-order valence-corrected chi connectivity index (χ0v) is 17.7. The quantitative estimate of drug-likeness (QED) is 0.726. The van der Waals surface area contributed by atoms with Crippen molar-refractivity contribution in [3.8, 4) is 0 Å². The lowest BCUT2D eigenvalue weighted by Gasteiger charge is -2.38. The molecule has 5 nitrogen and oxygen atoms in total. The molecule has 1 heterocycles. The van der Waals surface area contributed by atoms with Crippen molar-refractivity contribution in [2.45, 2.75) is 59.0 Å². The van der Waals surface area contributed by atoms with Crippen molar-refractivity contribution in [3.05, 3.63) is 59.2 Å². The van der Waals surface area contributed by atoms with Crippen molar-refractivity contribution < 1.29 is 14.3 Å². The number of nitrogens with zero attached hydrogens (tertiary/aromatic N) is 1. The first-order valence-corrected chi connectivity index (χ1v) is 10.3. The van der Waals surface area contributed by atoms with Crippen molar-refractivity contribution in [1.82, 2.24) is 4.90 Å². The van der Waals surface area contributed by atoms with Gasteiger partial charge in [0.05, 0.1) is 11.3 Å². The van der Waals surface area contributed by atoms with Gasteiger partial charge in [-0.3, -0.25) is 4.79 Å². The summed E-state index contributed by atoms with van der Waals surface area (Å²) in [7, 11) is 0. The highest BCUT2D eigenvalue weighted by molar-refractivity contribution is 5.97. The van der Waals surface area contributed by atoms with Gasteiger partial charge >= 0.3 is 5.97 Å². The molecule has 0 bridgehead atoms. The van der Waals surface area contributed by atoms with Crippen LogP contribution in [0.2, 0.25) is 0 Å². The number of carbonyl (C=O) groups is 2. The van der Waals surface area contributed by atoms with Crippen LogP contribution < -0.4 is 5.32 Å². The first-order valence-electron chi connectivity index (χ1n) is 10.3. The van der Waals surface area contributed by atoms with E-state index in [-0.39, 0.29) is 24.6 Å². The Labute approximate surface area is 173 Å². The van der Waals surface area contributed by atoms with Gasteiger partial charge in [0.15, 0.2) is 6.61 Å². The molecule has 0 spiro atoms. The van der Waals surface area contributed by atoms with E-state index in [0.29, 0.717) is 11.3 Å². The number of carbonyl (C=O) groups excluding carboxylic acids is 2. The van der Waals surface area contributed by atoms with Crippen LogP contribution in [0.5, 0.6) is 0 Å². The van der Waals surface area contributed by atoms with Gasteiger partial charge in [-0.05, 0) is 76.3 Å². The molecule has 154 valence electrons. The number of anilines is 2. The predicted octanol–water partition coefficient (Wildman–Crippen LogP) is 4.99. The van der Waals surface area contributed by atoms with Gasteiger partial charge in [0, 0.05) is 17.8 Å². The minimum Gasteiger partial charge on any atom is -0.452 e. The van der Waals surface area contributed by atoms with Crippen molar-refractivity contribution in [1.29, 1.82) is 0 Å². The summed E-state index contributed by atoms with van der Waals surface area (Å²) in [5.41, 5.74) is 4.32. The molecule has 1 aliphatic rings. The second kappa shape index (κ2) is 9.12. The smallest absolute Gasteiger partial charge is 0.340 e. The summed E-state index contributed by atoms with van der Waals surface area (Å²) in [4.78, 5) is 27.2. The molecule has 29 heavy (non-hydrogen) atoms. The number of nitrogens with one attached hydrogen (secondary N) is 1. The molecule has 0 saturated carbocycles. The van der Waals surface area contributed by atoms with E-state index in [9.17, 15) is 9.59 Å². The fourth-order valence-corrected chi connectivity index (χ4v) is 3.99. The largest absolute Gasteiger partial charge is 0.452 e. The zero-order valence-electron chi connectivity index (χ0n) is 17.7. The third kappa shape index (κ3) is 4.78. The molecule has 1 fully saturated rings. The fraction of sp³-hybridized carbons (Fsp3) is 0.417. The summed E-state index contributed by atoms with van der Waals surface area (Å²) in [5.74, 6) is -0.623. The first-order chi connectivity index (χ1) is 13.9. The molecule has 1 saturated heterocycles. The van der Waals surface area contributed by atoms with Crippen molar-refractivity contribution >= 4 is 23.3 Å². The monoisotopic (exact) mass is 394 g/mol. The van der Waals surface area contributed by atoms with E-state index in [2.05, 4.69) is 32.2 Å². The van der Waals surface area contributed by atoms with Crippen LogP contribution in [0.3, 0.4) is 0 Å². The normalized spacial score (nSPS) is 19.0. The number of hydrogen-bond acceptors (Lipinski definition) is 4. The van der Waals surface area contributed by atoms with E-state index in [0.717, 1.165) is 30.5 Å². The van der Waals surface area contributed by atoms with Crippen LogP contribution in [0.1, 0.15) is 54.6 Å². The fourth-order valence-electron chi connectivity index (χ4n) is 3.99. The number of aryl methyl sites for hydroxylation is 1. The highest BCUT2D eigenvalue weighted by Gasteiger charge is 2.29. The molecule has 0 unspecified atom stereocenters. The van der Waals surface area contributed by atoms with Crippen LogP contribution >= 0.6 is 0 Å². The van der Waals surface area contributed by atoms with Crippen LogP contribution in [0.15, 0.2) is 42.5 Å². The Balaban J connectivity index is 1.70. The summed E-state index contributed by atoms with van der Waals surface area (Å²) in [6.07, 6.45) is 3.11. The Bertz CT molecular complexity index is 883. The summed E-state index contributed by atoms with van der Waals surface area (Å²) in [5, 5.41) is 3.33. The van der Waals surface area contributed by atoms with E-state index in [1.54, 1.807) is 12.1 Å². The Morgan fingerprint density at radius 1 is 1.00 bits per heavy atom. The molecule has 0 aromatic heterocycles. The van der Waals surface area contributed by atoms with Crippen LogP contribution in [0.25, 0.3) is 0 Å². The topological polar surface area (TPSA) is 58.6 Å². The summed E-state index contributed by atoms with van der Waals surface area (Å²) in [6, 6.07) is 13.6. The number of benzene rings is 2. The molecule has 2 atom stereocenters. The lowest BCUT2D eigenvalue weighted by molar-refractivity contribution is -0.140. The second-order valence-electron chi connectivity index (χ2n) is 7.92. The minimum atomic E-state index is -0.496. The maximum atomic E-state index is 12.7. The Kier molecular flexibility index (Phi) is 6.57. The molecule has 1 aliphatic heterocycles. The highest BCUT2D eigenvalue weighted by Crippen LogP contribution is 2.26. The van der Waals surface area contributed by atoms with E-state index < -0.39 is 5.97 Å². The van der Waals surface area contributed by atoms with Gasteiger partial charge in [0.25, 0.3) is 5.91 Å². The van der Waals surface area contributed by atoms with Crippen molar-refractivity contribution in [2.24, 2.45) is 0 Å². The van der Waals surface area contributed by atoms with E-state index in [1.807, 2.05) is 36.1 Å². The number of ether oxygens (including phenoxy) is 1. The van der Waals surface area contributed by atoms with E-state index in [4.69, 9.17) is 4.74 Å². The Morgan fingerprint density at radius 2 is 1.66 bits per heavy atom. The molecule has 2 aromatic rings. The Morgan fingerprint density at radius 3 is 2.38 bits per heavy atom. The van der Waals surface area contributed by atoms with Gasteiger partial charge in [-0.25, -0.2) is 4.79 Å². The van der Waals surface area contributed by atoms with Crippen LogP contribution in [0.4, 0.5) is 11.4 Å². The molecule has 5 heteroatoms. The van der Waals surface area contributed by atoms with Gasteiger partial charge < -0.3 is 15.0 Å². The van der Waals surface area contributed by atoms with E-state index >= 15 is 0 Å². The van der Waals surface area contributed by atoms with Crippen molar-refractivity contribution in [2.75, 3.05) is 11.9 Å². The number of rotatable bonds is 5. The lowest BCUT2D eigenvalue weighted by Crippen LogP contribution is -2.49. The third-order valence-electron chi connectivity index (χ3n) is 5.83. The number of likely N-dealkylation sites (tertiary alicyclic amines) is 1. The van der Waals surface area contributed by atoms with Gasteiger partial charge in [-0.2, -0.15) is 0 Å². The lowest BCUT2D eigenvalue weighted by atomic mass is 9.97. The number of piperidine rings is 1. The standard InChI is InChI=1S/C24H30N2O3/c1-16-9-7-14-21(19(16)4)25-22-13-6-5-12-20(22)24(28)29-15-23(27)26-17(2)10-8-11-18(26)3/h5-7,9,12-14,17-18,25H,8,10-11,15H2,1-4H3/t17-,18+. The molecule has 1 amide bonds. The first kappa shape index (κ1) is 20.9. The zero-order chi connectivity index (χ0) is 21.0. The number of hydrogen-bond donors (Lipinski definition) is 1. The summed E-state index contributed by atoms with van der Waals surface area (Å²) in [6.45, 7) is 7.97. The molecular weight excluding hydrogens is 364 g/mol. The summed E-state index contributed by atoms with van der Waals surface area (Å²) < 4.78 is 5.40. The molecule has 3 rings (SSSR count). The molecular formula is C24H30N2O3. The van der Waals surface area contributed by atoms with Crippen LogP contribution in [0, 0.1) is 13.8 Å². The second-order valence-corrected chi connectivity index (χ2v) is 7.92. The maximum Gasteiger partial charge on any atom is 0.340 e. The minimum absolute atomic E-state index is 0.127. The molecule has 0 radical (unpaired) electrons. The molecule has 2 aromatic carbocycles. The van der Waals surface area contributed by atoms with Gasteiger partial charge in [0.2, 0.25) is 0 Å². The molecule has 1 N–H and O–H groups in total. The van der Waals surface area contributed by atoms with Crippen LogP contribution in [-0.4, -0.2) is 35.5 Å². The number of esters is 1. The number of para-hydroxylation sites is 1. The number of amides is 1. The Hall–Kier alpha value is -2.82. The van der Waals surface area contributed by atoms with Gasteiger partial charge in [-0.15, -0.1) is 0 Å².